The summed E-state index contributed by atoms with van der Waals surface area (Å²) in [7, 11) is 0. The fraction of sp³-hybridized carbons (Fsp3) is 0.235. The molecule has 1 aliphatic rings. The fourth-order valence-corrected chi connectivity index (χ4v) is 2.40. The molecule has 0 bridgehead atoms. The first kappa shape index (κ1) is 11.3. The van der Waals surface area contributed by atoms with Crippen molar-refractivity contribution in [3.63, 3.8) is 0 Å². The van der Waals surface area contributed by atoms with Gasteiger partial charge in [-0.25, -0.2) is 0 Å². The van der Waals surface area contributed by atoms with Crippen LogP contribution in [0, 0.1) is 6.42 Å². The average molecular weight is 236 g/mol. The lowest BCUT2D eigenvalue weighted by atomic mass is 9.98. The molecule has 90 valence electrons. The molecule has 2 aromatic carbocycles. The van der Waals surface area contributed by atoms with Gasteiger partial charge in [-0.1, -0.05) is 30.3 Å². The summed E-state index contributed by atoms with van der Waals surface area (Å²) >= 11 is 0. The summed E-state index contributed by atoms with van der Waals surface area (Å²) in [6.07, 6.45) is 6.81. The maximum Gasteiger partial charge on any atom is 0.127 e. The Bertz CT molecular complexity index is 498. The highest BCUT2D eigenvalue weighted by atomic mass is 16.5. The van der Waals surface area contributed by atoms with Crippen LogP contribution in [0.25, 0.3) is 0 Å². The van der Waals surface area contributed by atoms with Crippen molar-refractivity contribution < 1.29 is 4.74 Å². The van der Waals surface area contributed by atoms with Gasteiger partial charge in [0.25, 0.3) is 0 Å². The molecule has 2 radical (unpaired) electrons. The van der Waals surface area contributed by atoms with Crippen LogP contribution in [0.1, 0.15) is 30.7 Å². The van der Waals surface area contributed by atoms with Crippen LogP contribution in [0.2, 0.25) is 0 Å². The van der Waals surface area contributed by atoms with Crippen LogP contribution in [0.3, 0.4) is 0 Å². The van der Waals surface area contributed by atoms with Crippen molar-refractivity contribution in [2.45, 2.75) is 25.2 Å². The predicted molar refractivity (Wildman–Crippen MR) is 72.8 cm³/mol. The molecule has 18 heavy (non-hydrogen) atoms. The average Bonchev–Trinajstić information content (AvgIpc) is 2.94. The molecule has 1 unspecified atom stereocenters. The van der Waals surface area contributed by atoms with E-state index in [1.54, 1.807) is 0 Å². The Hall–Kier alpha value is -1.76. The number of benzene rings is 2. The van der Waals surface area contributed by atoms with E-state index in [-0.39, 0.29) is 0 Å². The molecule has 3 rings (SSSR count). The van der Waals surface area contributed by atoms with Crippen LogP contribution in [-0.4, -0.2) is 0 Å². The van der Waals surface area contributed by atoms with Crippen molar-refractivity contribution in [2.75, 3.05) is 0 Å². The van der Waals surface area contributed by atoms with E-state index >= 15 is 0 Å². The van der Waals surface area contributed by atoms with E-state index in [0.29, 0.717) is 5.92 Å². The van der Waals surface area contributed by atoms with Gasteiger partial charge in [0.15, 0.2) is 0 Å². The summed E-state index contributed by atoms with van der Waals surface area (Å²) in [4.78, 5) is 0. The molecule has 0 spiro atoms. The van der Waals surface area contributed by atoms with E-state index < -0.39 is 0 Å². The lowest BCUT2D eigenvalue weighted by Crippen LogP contribution is -1.92. The zero-order valence-corrected chi connectivity index (χ0v) is 10.3. The molecular weight excluding hydrogens is 220 g/mol. The lowest BCUT2D eigenvalue weighted by molar-refractivity contribution is 0.481. The summed E-state index contributed by atoms with van der Waals surface area (Å²) in [5, 5.41) is 0. The van der Waals surface area contributed by atoms with Gasteiger partial charge in [0.05, 0.1) is 0 Å². The largest absolute Gasteiger partial charge is 0.457 e. The van der Waals surface area contributed by atoms with Crippen molar-refractivity contribution in [3.8, 4) is 11.5 Å². The van der Waals surface area contributed by atoms with E-state index in [2.05, 4.69) is 24.6 Å². The number of ether oxygens (including phenoxy) is 1. The Balaban J connectivity index is 1.78. The molecule has 0 saturated heterocycles. The van der Waals surface area contributed by atoms with Gasteiger partial charge in [0.2, 0.25) is 0 Å². The molecule has 2 aromatic rings. The molecule has 0 N–H and O–H groups in total. The monoisotopic (exact) mass is 236 g/mol. The molecule has 1 saturated carbocycles. The SMILES string of the molecule is [C]1CCC(c2cccc(Oc3ccccc3)c2)C1. The molecule has 1 nitrogen and oxygen atoms in total. The highest BCUT2D eigenvalue weighted by molar-refractivity contribution is 5.35. The van der Waals surface area contributed by atoms with Crippen molar-refractivity contribution in [2.24, 2.45) is 0 Å². The number of rotatable bonds is 3. The van der Waals surface area contributed by atoms with Gasteiger partial charge >= 0.3 is 0 Å². The zero-order valence-electron chi connectivity index (χ0n) is 10.3. The van der Waals surface area contributed by atoms with Crippen LogP contribution in [-0.2, 0) is 0 Å². The molecule has 0 aromatic heterocycles. The second-order valence-corrected chi connectivity index (χ2v) is 4.68. The fourth-order valence-electron chi connectivity index (χ4n) is 2.40. The highest BCUT2D eigenvalue weighted by Gasteiger charge is 2.17. The van der Waals surface area contributed by atoms with Gasteiger partial charge < -0.3 is 4.74 Å². The minimum Gasteiger partial charge on any atom is -0.457 e. The molecule has 1 fully saturated rings. The lowest BCUT2D eigenvalue weighted by Gasteiger charge is -2.11. The third-order valence-electron chi connectivity index (χ3n) is 3.37. The standard InChI is InChI=1S/C17H16O/c1-2-10-16(11-3-1)18-17-12-6-9-15(13-17)14-7-4-5-8-14/h1-3,6,9-14H,4,7-8H2. The van der Waals surface area contributed by atoms with Crippen molar-refractivity contribution in [1.29, 1.82) is 0 Å². The molecule has 0 amide bonds. The van der Waals surface area contributed by atoms with E-state index in [1.807, 2.05) is 36.4 Å². The highest BCUT2D eigenvalue weighted by Crippen LogP contribution is 2.35. The smallest absolute Gasteiger partial charge is 0.127 e. The molecule has 0 heterocycles. The third kappa shape index (κ3) is 2.56. The summed E-state index contributed by atoms with van der Waals surface area (Å²) in [5.41, 5.74) is 1.37. The van der Waals surface area contributed by atoms with Crippen molar-refractivity contribution >= 4 is 0 Å². The van der Waals surface area contributed by atoms with Gasteiger partial charge in [-0.05, 0) is 61.4 Å². The topological polar surface area (TPSA) is 9.23 Å². The van der Waals surface area contributed by atoms with Gasteiger partial charge in [-0.2, -0.15) is 0 Å². The normalized spacial score (nSPS) is 15.8. The van der Waals surface area contributed by atoms with Crippen LogP contribution in [0.15, 0.2) is 54.6 Å². The Morgan fingerprint density at radius 2 is 1.78 bits per heavy atom. The minimum atomic E-state index is 0.629. The summed E-state index contributed by atoms with van der Waals surface area (Å²) in [6, 6.07) is 18.4. The first-order valence-electron chi connectivity index (χ1n) is 6.45. The number of para-hydroxylation sites is 1. The summed E-state index contributed by atoms with van der Waals surface area (Å²) in [6.45, 7) is 0. The molecule has 0 aliphatic heterocycles. The molecule has 1 heteroatoms. The minimum absolute atomic E-state index is 0.629. The van der Waals surface area contributed by atoms with Gasteiger partial charge in [0, 0.05) is 0 Å². The molecular formula is C17H16O. The Morgan fingerprint density at radius 1 is 0.944 bits per heavy atom. The van der Waals surface area contributed by atoms with E-state index in [0.717, 1.165) is 24.3 Å². The second-order valence-electron chi connectivity index (χ2n) is 4.68. The van der Waals surface area contributed by atoms with Gasteiger partial charge in [-0.3, -0.25) is 0 Å². The van der Waals surface area contributed by atoms with Gasteiger partial charge in [0.1, 0.15) is 11.5 Å². The third-order valence-corrected chi connectivity index (χ3v) is 3.37. The van der Waals surface area contributed by atoms with E-state index in [9.17, 15) is 0 Å². The van der Waals surface area contributed by atoms with Gasteiger partial charge in [-0.15, -0.1) is 0 Å². The van der Waals surface area contributed by atoms with E-state index in [4.69, 9.17) is 4.74 Å². The first-order valence-corrected chi connectivity index (χ1v) is 6.45. The van der Waals surface area contributed by atoms with Crippen LogP contribution < -0.4 is 4.74 Å². The predicted octanol–water partition coefficient (Wildman–Crippen LogP) is 4.83. The van der Waals surface area contributed by atoms with E-state index in [1.165, 1.54) is 12.0 Å². The quantitative estimate of drug-likeness (QED) is 0.741. The molecule has 1 atom stereocenters. The first-order chi connectivity index (χ1) is 8.92. The maximum absolute atomic E-state index is 5.86. The molecule has 1 aliphatic carbocycles. The van der Waals surface area contributed by atoms with Crippen molar-refractivity contribution in [1.82, 2.24) is 0 Å². The van der Waals surface area contributed by atoms with Crippen molar-refractivity contribution in [3.05, 3.63) is 66.6 Å². The van der Waals surface area contributed by atoms with Crippen LogP contribution in [0.5, 0.6) is 11.5 Å². The Kier molecular flexibility index (Phi) is 3.31. The second kappa shape index (κ2) is 5.26. The summed E-state index contributed by atoms with van der Waals surface area (Å²) < 4.78 is 5.86. The number of hydrogen-bond donors (Lipinski definition) is 0. The maximum atomic E-state index is 5.86. The Morgan fingerprint density at radius 3 is 2.56 bits per heavy atom. The Labute approximate surface area is 108 Å². The van der Waals surface area contributed by atoms with Crippen LogP contribution in [0.4, 0.5) is 0 Å². The van der Waals surface area contributed by atoms with Crippen LogP contribution >= 0.6 is 0 Å². The zero-order chi connectivity index (χ0) is 12.2. The summed E-state index contributed by atoms with van der Waals surface area (Å²) in [5.74, 6) is 2.44. The number of hydrogen-bond acceptors (Lipinski definition) is 1.